The first-order chi connectivity index (χ1) is 18.7. The van der Waals surface area contributed by atoms with Gasteiger partial charge in [0.25, 0.3) is 5.89 Å². The van der Waals surface area contributed by atoms with Crippen molar-refractivity contribution in [2.24, 2.45) is 7.05 Å². The van der Waals surface area contributed by atoms with Crippen LogP contribution in [0.15, 0.2) is 46.9 Å². The van der Waals surface area contributed by atoms with E-state index in [1.807, 2.05) is 37.4 Å². The number of rotatable bonds is 5. The minimum Gasteiger partial charge on any atom is -0.445 e. The molecule has 0 radical (unpaired) electrons. The predicted octanol–water partition coefficient (Wildman–Crippen LogP) is 4.91. The van der Waals surface area contributed by atoms with E-state index in [-0.39, 0.29) is 18.6 Å². The number of fused-ring (bicyclic) bond motifs is 1. The van der Waals surface area contributed by atoms with Crippen LogP contribution >= 0.6 is 0 Å². The maximum absolute atomic E-state index is 12.5. The van der Waals surface area contributed by atoms with Crippen molar-refractivity contribution < 1.29 is 13.9 Å². The van der Waals surface area contributed by atoms with E-state index in [1.54, 1.807) is 9.58 Å². The molecule has 0 aliphatic carbocycles. The number of ether oxygens (including phenoxy) is 1. The van der Waals surface area contributed by atoms with E-state index >= 15 is 0 Å². The van der Waals surface area contributed by atoms with Crippen LogP contribution < -0.4 is 4.90 Å². The number of hydrogen-bond acceptors (Lipinski definition) is 8. The minimum absolute atomic E-state index is 0.0946. The fourth-order valence-corrected chi connectivity index (χ4v) is 5.37. The number of carbonyl (C=O) groups excluding carboxylic acids is 1. The van der Waals surface area contributed by atoms with Crippen LogP contribution in [0.1, 0.15) is 55.9 Å². The molecule has 1 amide bonds. The first-order valence-corrected chi connectivity index (χ1v) is 13.5. The van der Waals surface area contributed by atoms with Crippen LogP contribution in [0.3, 0.4) is 0 Å². The summed E-state index contributed by atoms with van der Waals surface area (Å²) < 4.78 is 13.4. The van der Waals surface area contributed by atoms with Crippen molar-refractivity contribution in [3.05, 3.63) is 53.9 Å². The number of hydrogen-bond donors (Lipinski definition) is 0. The maximum atomic E-state index is 12.5. The van der Waals surface area contributed by atoms with Gasteiger partial charge in [0, 0.05) is 39.1 Å². The normalized spacial score (nSPS) is 17.1. The van der Waals surface area contributed by atoms with Crippen molar-refractivity contribution in [2.45, 2.75) is 51.0 Å². The van der Waals surface area contributed by atoms with Crippen molar-refractivity contribution in [3.8, 4) is 11.6 Å². The quantitative estimate of drug-likeness (QED) is 0.369. The summed E-state index contributed by atoms with van der Waals surface area (Å²) >= 11 is 0. The standard InChI is InChI=1S/C28H33N7O3/c1-33-25-22(11-12-23(29-25)34-15-7-2-3-8-16-34)24(32-33)27-31-30-26(38-27)21-13-17-35(18-14-21)28(36)37-19-20-9-5-4-6-10-20/h4-6,9-12,21H,2-3,7-8,13-19H2,1H3. The summed E-state index contributed by atoms with van der Waals surface area (Å²) in [6.45, 7) is 3.54. The number of anilines is 1. The summed E-state index contributed by atoms with van der Waals surface area (Å²) in [6.07, 6.45) is 6.17. The SMILES string of the molecule is Cn1nc(-c2nnc(C3CCN(C(=O)OCc4ccccc4)CC3)o2)c2ccc(N3CCCCCC3)nc21. The van der Waals surface area contributed by atoms with Gasteiger partial charge in [-0.15, -0.1) is 10.2 Å². The molecule has 10 heteroatoms. The van der Waals surface area contributed by atoms with Gasteiger partial charge in [0.1, 0.15) is 12.4 Å². The number of aryl methyl sites for hydroxylation is 1. The first-order valence-electron chi connectivity index (χ1n) is 13.5. The Morgan fingerprint density at radius 1 is 0.974 bits per heavy atom. The lowest BCUT2D eigenvalue weighted by Gasteiger charge is -2.29. The Bertz CT molecular complexity index is 1380. The molecule has 38 heavy (non-hydrogen) atoms. The number of carbonyl (C=O) groups is 1. The van der Waals surface area contributed by atoms with Gasteiger partial charge in [0.05, 0.1) is 5.39 Å². The highest BCUT2D eigenvalue weighted by Gasteiger charge is 2.29. The Morgan fingerprint density at radius 3 is 2.50 bits per heavy atom. The molecule has 2 aliphatic rings. The molecule has 5 heterocycles. The smallest absolute Gasteiger partial charge is 0.410 e. The van der Waals surface area contributed by atoms with E-state index in [2.05, 4.69) is 32.3 Å². The van der Waals surface area contributed by atoms with Gasteiger partial charge < -0.3 is 19.0 Å². The molecule has 0 saturated carbocycles. The van der Waals surface area contributed by atoms with E-state index in [0.717, 1.165) is 48.3 Å². The van der Waals surface area contributed by atoms with Crippen LogP contribution in [0.25, 0.3) is 22.6 Å². The summed E-state index contributed by atoms with van der Waals surface area (Å²) in [5.74, 6) is 2.08. The third-order valence-electron chi connectivity index (χ3n) is 7.55. The molecule has 3 aromatic heterocycles. The molecule has 2 fully saturated rings. The molecule has 4 aromatic rings. The second-order valence-corrected chi connectivity index (χ2v) is 10.2. The van der Waals surface area contributed by atoms with Gasteiger partial charge in [-0.3, -0.25) is 0 Å². The molecular weight excluding hydrogens is 482 g/mol. The molecular formula is C28H33N7O3. The summed E-state index contributed by atoms with van der Waals surface area (Å²) in [5, 5.41) is 14.3. The van der Waals surface area contributed by atoms with Crippen molar-refractivity contribution in [3.63, 3.8) is 0 Å². The molecule has 0 unspecified atom stereocenters. The van der Waals surface area contributed by atoms with Gasteiger partial charge >= 0.3 is 6.09 Å². The van der Waals surface area contributed by atoms with Gasteiger partial charge in [0.15, 0.2) is 11.3 Å². The van der Waals surface area contributed by atoms with Crippen LogP contribution in [-0.2, 0) is 18.4 Å². The Hall–Kier alpha value is -3.95. The molecule has 2 saturated heterocycles. The summed E-state index contributed by atoms with van der Waals surface area (Å²) in [4.78, 5) is 21.5. The number of benzene rings is 1. The van der Waals surface area contributed by atoms with E-state index in [1.165, 1.54) is 25.7 Å². The predicted molar refractivity (Wildman–Crippen MR) is 143 cm³/mol. The van der Waals surface area contributed by atoms with E-state index in [9.17, 15) is 4.79 Å². The molecule has 2 aliphatic heterocycles. The Kier molecular flexibility index (Phi) is 6.94. The molecule has 198 valence electrons. The Morgan fingerprint density at radius 2 is 1.74 bits per heavy atom. The van der Waals surface area contributed by atoms with Gasteiger partial charge in [-0.05, 0) is 43.4 Å². The van der Waals surface area contributed by atoms with Gasteiger partial charge in [-0.2, -0.15) is 5.10 Å². The number of pyridine rings is 1. The summed E-state index contributed by atoms with van der Waals surface area (Å²) in [5.41, 5.74) is 2.44. The number of likely N-dealkylation sites (tertiary alicyclic amines) is 1. The highest BCUT2D eigenvalue weighted by atomic mass is 16.6. The average Bonchev–Trinajstić information content (AvgIpc) is 3.47. The highest BCUT2D eigenvalue weighted by molar-refractivity contribution is 5.89. The van der Waals surface area contributed by atoms with Crippen molar-refractivity contribution in [2.75, 3.05) is 31.1 Å². The summed E-state index contributed by atoms with van der Waals surface area (Å²) in [6, 6.07) is 13.8. The van der Waals surface area contributed by atoms with Crippen LogP contribution in [-0.4, -0.2) is 62.1 Å². The number of aromatic nitrogens is 5. The van der Waals surface area contributed by atoms with Crippen molar-refractivity contribution in [1.29, 1.82) is 0 Å². The lowest BCUT2D eigenvalue weighted by atomic mass is 9.97. The van der Waals surface area contributed by atoms with Crippen molar-refractivity contribution >= 4 is 22.9 Å². The number of piperidine rings is 1. The third kappa shape index (κ3) is 5.07. The zero-order chi connectivity index (χ0) is 25.9. The van der Waals surface area contributed by atoms with E-state index in [0.29, 0.717) is 30.6 Å². The Balaban J connectivity index is 1.11. The number of amides is 1. The zero-order valence-corrected chi connectivity index (χ0v) is 21.8. The molecule has 0 bridgehead atoms. The van der Waals surface area contributed by atoms with Gasteiger partial charge in [0.2, 0.25) is 5.89 Å². The van der Waals surface area contributed by atoms with Crippen molar-refractivity contribution in [1.82, 2.24) is 29.9 Å². The monoisotopic (exact) mass is 515 g/mol. The Labute approximate surface area is 221 Å². The van der Waals surface area contributed by atoms with E-state index < -0.39 is 0 Å². The lowest BCUT2D eigenvalue weighted by molar-refractivity contribution is 0.0856. The van der Waals surface area contributed by atoms with Gasteiger partial charge in [-0.1, -0.05) is 43.2 Å². The number of nitrogens with zero attached hydrogens (tertiary/aromatic N) is 7. The van der Waals surface area contributed by atoms with Gasteiger partial charge in [-0.25, -0.2) is 14.5 Å². The van der Waals surface area contributed by atoms with Crippen LogP contribution in [0.5, 0.6) is 0 Å². The summed E-state index contributed by atoms with van der Waals surface area (Å²) in [7, 11) is 1.90. The highest BCUT2D eigenvalue weighted by Crippen LogP contribution is 2.32. The molecule has 0 N–H and O–H groups in total. The minimum atomic E-state index is -0.287. The molecule has 10 nitrogen and oxygen atoms in total. The topological polar surface area (TPSA) is 102 Å². The van der Waals surface area contributed by atoms with E-state index in [4.69, 9.17) is 14.1 Å². The second-order valence-electron chi connectivity index (χ2n) is 10.2. The average molecular weight is 516 g/mol. The van der Waals surface area contributed by atoms with Crippen LogP contribution in [0.4, 0.5) is 10.6 Å². The largest absolute Gasteiger partial charge is 0.445 e. The fourth-order valence-electron chi connectivity index (χ4n) is 5.37. The molecule has 0 atom stereocenters. The molecule has 0 spiro atoms. The fraction of sp³-hybridized carbons (Fsp3) is 0.464. The molecule has 6 rings (SSSR count). The zero-order valence-electron chi connectivity index (χ0n) is 21.8. The van der Waals surface area contributed by atoms with Crippen LogP contribution in [0, 0.1) is 0 Å². The maximum Gasteiger partial charge on any atom is 0.410 e. The second kappa shape index (κ2) is 10.8. The third-order valence-corrected chi connectivity index (χ3v) is 7.55. The molecule has 1 aromatic carbocycles. The lowest BCUT2D eigenvalue weighted by Crippen LogP contribution is -2.38. The van der Waals surface area contributed by atoms with Crippen LogP contribution in [0.2, 0.25) is 0 Å². The first kappa shape index (κ1) is 24.4.